The molecule has 112 valence electrons. The number of ether oxygens (including phenoxy) is 1. The topological polar surface area (TPSA) is 72.9 Å². The van der Waals surface area contributed by atoms with E-state index < -0.39 is 29.6 Å². The number of carbonyl (C=O) groups excluding carboxylic acids is 3. The lowest BCUT2D eigenvalue weighted by Gasteiger charge is -2.22. The van der Waals surface area contributed by atoms with Crippen molar-refractivity contribution >= 4 is 17.8 Å². The highest BCUT2D eigenvalue weighted by Crippen LogP contribution is 2.45. The number of amides is 2. The van der Waals surface area contributed by atoms with Crippen molar-refractivity contribution in [2.45, 2.75) is 44.3 Å². The molecule has 0 aromatic carbocycles. The van der Waals surface area contributed by atoms with Gasteiger partial charge in [-0.05, 0) is 12.8 Å². The molecule has 0 aromatic rings. The summed E-state index contributed by atoms with van der Waals surface area (Å²) in [7, 11) is 0. The van der Waals surface area contributed by atoms with E-state index in [4.69, 9.17) is 9.57 Å². The molecule has 2 bridgehead atoms. The van der Waals surface area contributed by atoms with Crippen LogP contribution >= 0.6 is 0 Å². The molecule has 6 heteroatoms. The van der Waals surface area contributed by atoms with Gasteiger partial charge in [-0.25, -0.2) is 4.79 Å². The maximum atomic E-state index is 12.3. The normalized spacial score (nSPS) is 38.2. The van der Waals surface area contributed by atoms with Crippen molar-refractivity contribution in [3.05, 3.63) is 12.2 Å². The zero-order valence-corrected chi connectivity index (χ0v) is 11.6. The minimum Gasteiger partial charge on any atom is -0.365 e. The molecule has 3 fully saturated rings. The van der Waals surface area contributed by atoms with Crippen LogP contribution in [-0.2, 0) is 24.0 Å². The number of rotatable bonds is 2. The molecule has 1 aliphatic carbocycles. The van der Waals surface area contributed by atoms with Gasteiger partial charge >= 0.3 is 5.97 Å². The van der Waals surface area contributed by atoms with Crippen LogP contribution in [0.5, 0.6) is 0 Å². The quantitative estimate of drug-likeness (QED) is 0.560. The van der Waals surface area contributed by atoms with E-state index in [9.17, 15) is 14.4 Å². The second kappa shape index (κ2) is 4.66. The standard InChI is InChI=1S/C15H17NO5/c17-13-11-9-6-7-10(20-9)12(11)14(18)16(13)21-15(19)8-4-2-1-3-5-8/h6-12H,1-5H2/t9-,10+,11-,12+. The first-order valence-corrected chi connectivity index (χ1v) is 7.60. The molecule has 1 saturated carbocycles. The Morgan fingerprint density at radius 2 is 1.62 bits per heavy atom. The van der Waals surface area contributed by atoms with E-state index in [2.05, 4.69) is 0 Å². The zero-order chi connectivity index (χ0) is 14.6. The van der Waals surface area contributed by atoms with Crippen LogP contribution in [0.15, 0.2) is 12.2 Å². The molecule has 0 radical (unpaired) electrons. The summed E-state index contributed by atoms with van der Waals surface area (Å²) in [4.78, 5) is 41.9. The summed E-state index contributed by atoms with van der Waals surface area (Å²) in [6.07, 6.45) is 7.58. The van der Waals surface area contributed by atoms with Crippen LogP contribution in [0.3, 0.4) is 0 Å². The fourth-order valence-electron chi connectivity index (χ4n) is 3.87. The highest BCUT2D eigenvalue weighted by molar-refractivity contribution is 6.06. The lowest BCUT2D eigenvalue weighted by atomic mass is 9.85. The number of hydroxylamine groups is 2. The van der Waals surface area contributed by atoms with Gasteiger partial charge in [0.1, 0.15) is 0 Å². The summed E-state index contributed by atoms with van der Waals surface area (Å²) >= 11 is 0. The van der Waals surface area contributed by atoms with E-state index in [1.807, 2.05) is 12.2 Å². The van der Waals surface area contributed by atoms with E-state index >= 15 is 0 Å². The molecule has 0 spiro atoms. The first kappa shape index (κ1) is 13.0. The van der Waals surface area contributed by atoms with Gasteiger partial charge in [0, 0.05) is 0 Å². The second-order valence-corrected chi connectivity index (χ2v) is 6.22. The number of imide groups is 1. The smallest absolute Gasteiger partial charge is 0.336 e. The minimum absolute atomic E-state index is 0.189. The molecule has 0 N–H and O–H groups in total. The minimum atomic E-state index is -0.522. The van der Waals surface area contributed by atoms with Crippen molar-refractivity contribution < 1.29 is 24.0 Å². The molecule has 3 heterocycles. The van der Waals surface area contributed by atoms with Gasteiger partial charge in [0.05, 0.1) is 30.0 Å². The van der Waals surface area contributed by atoms with Crippen LogP contribution in [0, 0.1) is 17.8 Å². The van der Waals surface area contributed by atoms with Gasteiger partial charge in [0.15, 0.2) is 0 Å². The van der Waals surface area contributed by atoms with Gasteiger partial charge in [-0.15, -0.1) is 5.06 Å². The van der Waals surface area contributed by atoms with E-state index in [1.54, 1.807) is 0 Å². The summed E-state index contributed by atoms with van der Waals surface area (Å²) in [5.41, 5.74) is 0. The first-order valence-electron chi connectivity index (χ1n) is 7.60. The molecule has 4 rings (SSSR count). The molecule has 6 nitrogen and oxygen atoms in total. The average Bonchev–Trinajstić information content (AvgIpc) is 3.18. The number of nitrogens with zero attached hydrogens (tertiary/aromatic N) is 1. The number of hydrogen-bond donors (Lipinski definition) is 0. The van der Waals surface area contributed by atoms with Crippen molar-refractivity contribution in [1.82, 2.24) is 5.06 Å². The third kappa shape index (κ3) is 1.85. The predicted molar refractivity (Wildman–Crippen MR) is 69.3 cm³/mol. The Bertz CT molecular complexity index is 506. The van der Waals surface area contributed by atoms with Crippen LogP contribution in [0.2, 0.25) is 0 Å². The molecule has 3 aliphatic heterocycles. The van der Waals surface area contributed by atoms with E-state index in [0.717, 1.165) is 32.1 Å². The summed E-state index contributed by atoms with van der Waals surface area (Å²) in [5, 5.41) is 0.696. The monoisotopic (exact) mass is 291 g/mol. The number of fused-ring (bicyclic) bond motifs is 5. The fourth-order valence-corrected chi connectivity index (χ4v) is 3.87. The Kier molecular flexibility index (Phi) is 2.89. The molecule has 0 aromatic heterocycles. The van der Waals surface area contributed by atoms with Crippen LogP contribution in [0.4, 0.5) is 0 Å². The van der Waals surface area contributed by atoms with Gasteiger partial charge in [0.25, 0.3) is 11.8 Å². The summed E-state index contributed by atoms with van der Waals surface area (Å²) in [5.74, 6) is -2.56. The summed E-state index contributed by atoms with van der Waals surface area (Å²) in [6.45, 7) is 0. The Morgan fingerprint density at radius 3 is 2.19 bits per heavy atom. The van der Waals surface area contributed by atoms with Crippen LogP contribution in [-0.4, -0.2) is 35.1 Å². The van der Waals surface area contributed by atoms with E-state index in [-0.39, 0.29) is 18.1 Å². The van der Waals surface area contributed by atoms with Crippen LogP contribution in [0.25, 0.3) is 0 Å². The van der Waals surface area contributed by atoms with E-state index in [0.29, 0.717) is 5.06 Å². The third-order valence-electron chi connectivity index (χ3n) is 4.99. The van der Waals surface area contributed by atoms with Crippen LogP contribution in [0.1, 0.15) is 32.1 Å². The van der Waals surface area contributed by atoms with Crippen molar-refractivity contribution in [1.29, 1.82) is 0 Å². The number of hydrogen-bond acceptors (Lipinski definition) is 5. The molecule has 21 heavy (non-hydrogen) atoms. The highest BCUT2D eigenvalue weighted by Gasteiger charge is 2.62. The third-order valence-corrected chi connectivity index (χ3v) is 4.99. The maximum absolute atomic E-state index is 12.3. The van der Waals surface area contributed by atoms with Crippen molar-refractivity contribution in [3.8, 4) is 0 Å². The Labute approximate surface area is 122 Å². The lowest BCUT2D eigenvalue weighted by molar-refractivity contribution is -0.204. The molecule has 0 unspecified atom stereocenters. The van der Waals surface area contributed by atoms with Gasteiger partial charge in [-0.3, -0.25) is 9.59 Å². The van der Waals surface area contributed by atoms with Gasteiger partial charge < -0.3 is 9.57 Å². The first-order chi connectivity index (χ1) is 10.2. The molecular weight excluding hydrogens is 274 g/mol. The molecule has 2 amide bonds. The van der Waals surface area contributed by atoms with Crippen LogP contribution < -0.4 is 0 Å². The fraction of sp³-hybridized carbons (Fsp3) is 0.667. The second-order valence-electron chi connectivity index (χ2n) is 6.22. The van der Waals surface area contributed by atoms with Crippen molar-refractivity contribution in [2.75, 3.05) is 0 Å². The largest absolute Gasteiger partial charge is 0.365 e. The van der Waals surface area contributed by atoms with Gasteiger partial charge in [-0.1, -0.05) is 31.4 Å². The Morgan fingerprint density at radius 1 is 1.05 bits per heavy atom. The zero-order valence-electron chi connectivity index (χ0n) is 11.6. The average molecular weight is 291 g/mol. The number of carbonyl (C=O) groups is 3. The molecule has 2 saturated heterocycles. The molecular formula is C15H17NO5. The summed E-state index contributed by atoms with van der Waals surface area (Å²) < 4.78 is 5.53. The SMILES string of the molecule is O=C(ON1C(=O)[C@@H]2[C@H](C1=O)[C@H]1C=C[C@@H]2O1)C1CCCCC1. The Hall–Kier alpha value is -1.69. The van der Waals surface area contributed by atoms with Crippen molar-refractivity contribution in [2.24, 2.45) is 17.8 Å². The molecule has 4 atom stereocenters. The van der Waals surface area contributed by atoms with Crippen molar-refractivity contribution in [3.63, 3.8) is 0 Å². The lowest BCUT2D eigenvalue weighted by Crippen LogP contribution is -2.38. The van der Waals surface area contributed by atoms with Gasteiger partial charge in [0.2, 0.25) is 0 Å². The van der Waals surface area contributed by atoms with E-state index in [1.165, 1.54) is 0 Å². The van der Waals surface area contributed by atoms with Gasteiger partial charge in [-0.2, -0.15) is 0 Å². The Balaban J connectivity index is 1.48. The predicted octanol–water partition coefficient (Wildman–Crippen LogP) is 0.963. The maximum Gasteiger partial charge on any atom is 0.336 e. The summed E-state index contributed by atoms with van der Waals surface area (Å²) in [6, 6.07) is 0. The highest BCUT2D eigenvalue weighted by atomic mass is 16.7. The molecule has 4 aliphatic rings.